The van der Waals surface area contributed by atoms with E-state index in [1.54, 1.807) is 6.33 Å². The molecule has 0 radical (unpaired) electrons. The molecule has 1 aliphatic rings. The summed E-state index contributed by atoms with van der Waals surface area (Å²) >= 11 is 5.96. The number of rotatable bonds is 7. The molecule has 0 bridgehead atoms. The number of nitrogens with zero attached hydrogens (tertiary/aromatic N) is 3. The zero-order valence-electron chi connectivity index (χ0n) is 21.4. The molecule has 6 heteroatoms. The lowest BCUT2D eigenvalue weighted by Gasteiger charge is -2.40. The van der Waals surface area contributed by atoms with Crippen molar-refractivity contribution in [2.75, 3.05) is 13.1 Å². The second kappa shape index (κ2) is 10.9. The van der Waals surface area contributed by atoms with Gasteiger partial charge in [0, 0.05) is 24.3 Å². The fourth-order valence-electron chi connectivity index (χ4n) is 4.85. The number of carbonyl (C=O) groups excluding carboxylic acids is 1. The van der Waals surface area contributed by atoms with Gasteiger partial charge in [0.15, 0.2) is 0 Å². The number of aromatic nitrogens is 2. The van der Waals surface area contributed by atoms with Crippen molar-refractivity contribution in [1.29, 1.82) is 0 Å². The summed E-state index contributed by atoms with van der Waals surface area (Å²) < 4.78 is 2.48. The summed E-state index contributed by atoms with van der Waals surface area (Å²) in [6, 6.07) is 18.9. The van der Waals surface area contributed by atoms with Gasteiger partial charge in [-0.3, -0.25) is 4.79 Å². The van der Waals surface area contributed by atoms with E-state index in [4.69, 9.17) is 12.2 Å². The number of hydrogen-bond acceptors (Lipinski definition) is 4. The lowest BCUT2D eigenvalue weighted by atomic mass is 9.84. The van der Waals surface area contributed by atoms with Crippen LogP contribution in [-0.4, -0.2) is 38.6 Å². The number of likely N-dealkylation sites (tertiary alicyclic amines) is 1. The molecule has 2 aromatic carbocycles. The van der Waals surface area contributed by atoms with Crippen molar-refractivity contribution in [3.8, 4) is 0 Å². The van der Waals surface area contributed by atoms with Gasteiger partial charge in [-0.2, -0.15) is 0 Å². The first-order valence-electron chi connectivity index (χ1n) is 12.5. The van der Waals surface area contributed by atoms with Crippen molar-refractivity contribution < 1.29 is 9.90 Å². The lowest BCUT2D eigenvalue weighted by molar-refractivity contribution is -0.138. The van der Waals surface area contributed by atoms with Crippen LogP contribution in [0.4, 0.5) is 0 Å². The molecule has 188 valence electrons. The van der Waals surface area contributed by atoms with Gasteiger partial charge in [0.2, 0.25) is 5.91 Å². The zero-order chi connectivity index (χ0) is 25.9. The molecule has 5 nitrogen and oxygen atoms in total. The molecule has 2 heterocycles. The predicted octanol–water partition coefficient (Wildman–Crippen LogP) is 5.78. The maximum atomic E-state index is 14.1. The number of carbonyl (C=O) groups is 1. The van der Waals surface area contributed by atoms with Crippen LogP contribution in [-0.2, 0) is 16.8 Å². The van der Waals surface area contributed by atoms with Crippen molar-refractivity contribution in [1.82, 2.24) is 14.5 Å². The van der Waals surface area contributed by atoms with Crippen LogP contribution in [0.5, 0.6) is 0 Å². The van der Waals surface area contributed by atoms with Crippen molar-refractivity contribution >= 4 is 18.1 Å². The van der Waals surface area contributed by atoms with Crippen molar-refractivity contribution in [3.05, 3.63) is 106 Å². The average molecular weight is 502 g/mol. The SMILES string of the molecule is C=C(C)[C@@H](C)Cc1c(C)ncn(C(C(=O)N2CCC(O)(c3ccccc3)CC2)c2ccccc2)c1=S. The third-order valence-electron chi connectivity index (χ3n) is 7.50. The van der Waals surface area contributed by atoms with Gasteiger partial charge in [0.1, 0.15) is 10.7 Å². The number of aryl methyl sites for hydroxylation is 1. The Balaban J connectivity index is 1.67. The lowest BCUT2D eigenvalue weighted by Crippen LogP contribution is -2.47. The van der Waals surface area contributed by atoms with Crippen LogP contribution in [0, 0.1) is 17.5 Å². The largest absolute Gasteiger partial charge is 0.385 e. The first-order chi connectivity index (χ1) is 17.2. The highest BCUT2D eigenvalue weighted by Gasteiger charge is 2.38. The molecule has 36 heavy (non-hydrogen) atoms. The van der Waals surface area contributed by atoms with E-state index in [1.807, 2.05) is 84.0 Å². The minimum atomic E-state index is -0.923. The van der Waals surface area contributed by atoms with Gasteiger partial charge in [-0.25, -0.2) is 4.98 Å². The number of benzene rings is 2. The summed E-state index contributed by atoms with van der Waals surface area (Å²) in [6.07, 6.45) is 3.41. The van der Waals surface area contributed by atoms with Gasteiger partial charge in [-0.05, 0) is 50.2 Å². The Hall–Kier alpha value is -3.09. The number of amides is 1. The van der Waals surface area contributed by atoms with Gasteiger partial charge in [0.05, 0.1) is 11.9 Å². The molecule has 0 aliphatic carbocycles. The maximum Gasteiger partial charge on any atom is 0.250 e. The van der Waals surface area contributed by atoms with Crippen LogP contribution in [0.1, 0.15) is 55.1 Å². The molecule has 0 spiro atoms. The van der Waals surface area contributed by atoms with E-state index in [0.29, 0.717) is 30.6 Å². The van der Waals surface area contributed by atoms with Crippen LogP contribution in [0.2, 0.25) is 0 Å². The second-order valence-electron chi connectivity index (χ2n) is 10.0. The predicted molar refractivity (Wildman–Crippen MR) is 146 cm³/mol. The van der Waals surface area contributed by atoms with Gasteiger partial charge >= 0.3 is 0 Å². The van der Waals surface area contributed by atoms with Crippen LogP contribution in [0.15, 0.2) is 79.1 Å². The highest BCUT2D eigenvalue weighted by Crippen LogP contribution is 2.34. The van der Waals surface area contributed by atoms with Crippen LogP contribution in [0.25, 0.3) is 0 Å². The number of allylic oxidation sites excluding steroid dienone is 1. The Kier molecular flexibility index (Phi) is 7.86. The molecule has 4 rings (SSSR count). The van der Waals surface area contributed by atoms with E-state index in [-0.39, 0.29) is 11.8 Å². The minimum Gasteiger partial charge on any atom is -0.385 e. The van der Waals surface area contributed by atoms with Gasteiger partial charge in [0.25, 0.3) is 0 Å². The Bertz CT molecular complexity index is 1280. The summed E-state index contributed by atoms with van der Waals surface area (Å²) in [5.74, 6) is 0.226. The van der Waals surface area contributed by atoms with Gasteiger partial charge in [-0.1, -0.05) is 92.0 Å². The van der Waals surface area contributed by atoms with E-state index in [0.717, 1.165) is 34.4 Å². The third kappa shape index (κ3) is 5.35. The molecule has 2 atom stereocenters. The molecule has 1 aromatic heterocycles. The Morgan fingerprint density at radius 3 is 2.28 bits per heavy atom. The van der Waals surface area contributed by atoms with E-state index in [9.17, 15) is 9.90 Å². The first kappa shape index (κ1) is 26.0. The molecule has 0 saturated carbocycles. The Labute approximate surface area is 219 Å². The molecular formula is C30H35N3O2S. The van der Waals surface area contributed by atoms with Gasteiger partial charge in [-0.15, -0.1) is 0 Å². The standard InChI is InChI=1S/C30H35N3O2S/c1-21(2)22(3)19-26-23(4)31-20-33(29(26)36)27(24-11-7-5-8-12-24)28(34)32-17-15-30(35,16-18-32)25-13-9-6-10-14-25/h5-14,20,22,27,35H,1,15-19H2,2-4H3/t22-,27?/m0/s1. The van der Waals surface area contributed by atoms with E-state index in [2.05, 4.69) is 18.5 Å². The summed E-state index contributed by atoms with van der Waals surface area (Å²) in [5.41, 5.74) is 3.80. The summed E-state index contributed by atoms with van der Waals surface area (Å²) in [4.78, 5) is 20.6. The van der Waals surface area contributed by atoms with E-state index < -0.39 is 11.6 Å². The zero-order valence-corrected chi connectivity index (χ0v) is 22.2. The summed E-state index contributed by atoms with van der Waals surface area (Å²) in [5, 5.41) is 11.3. The van der Waals surface area contributed by atoms with E-state index in [1.165, 1.54) is 0 Å². The highest BCUT2D eigenvalue weighted by atomic mass is 32.1. The topological polar surface area (TPSA) is 58.4 Å². The minimum absolute atomic E-state index is 0.0306. The highest BCUT2D eigenvalue weighted by molar-refractivity contribution is 7.71. The number of piperidine rings is 1. The summed E-state index contributed by atoms with van der Waals surface area (Å²) in [6.45, 7) is 11.2. The molecule has 1 fully saturated rings. The molecule has 1 N–H and O–H groups in total. The molecule has 3 aromatic rings. The monoisotopic (exact) mass is 501 g/mol. The molecule has 1 saturated heterocycles. The molecule has 1 unspecified atom stereocenters. The first-order valence-corrected chi connectivity index (χ1v) is 13.0. The molecular weight excluding hydrogens is 466 g/mol. The molecule has 1 amide bonds. The van der Waals surface area contributed by atoms with E-state index >= 15 is 0 Å². The van der Waals surface area contributed by atoms with Crippen molar-refractivity contribution in [3.63, 3.8) is 0 Å². The Morgan fingerprint density at radius 2 is 1.69 bits per heavy atom. The fraction of sp³-hybridized carbons (Fsp3) is 0.367. The molecule has 1 aliphatic heterocycles. The third-order valence-corrected chi connectivity index (χ3v) is 7.95. The van der Waals surface area contributed by atoms with Crippen molar-refractivity contribution in [2.24, 2.45) is 5.92 Å². The maximum absolute atomic E-state index is 14.1. The van der Waals surface area contributed by atoms with Crippen LogP contribution < -0.4 is 0 Å². The Morgan fingerprint density at radius 1 is 1.11 bits per heavy atom. The smallest absolute Gasteiger partial charge is 0.250 e. The van der Waals surface area contributed by atoms with Crippen LogP contribution in [0.3, 0.4) is 0 Å². The average Bonchev–Trinajstić information content (AvgIpc) is 2.89. The normalized spacial score (nSPS) is 16.8. The quantitative estimate of drug-likeness (QED) is 0.330. The van der Waals surface area contributed by atoms with Crippen LogP contribution >= 0.6 is 12.2 Å². The van der Waals surface area contributed by atoms with Gasteiger partial charge < -0.3 is 14.6 Å². The van der Waals surface area contributed by atoms with Crippen molar-refractivity contribution in [2.45, 2.75) is 51.7 Å². The fourth-order valence-corrected chi connectivity index (χ4v) is 5.24. The summed E-state index contributed by atoms with van der Waals surface area (Å²) in [7, 11) is 0. The number of hydrogen-bond donors (Lipinski definition) is 1. The second-order valence-corrected chi connectivity index (χ2v) is 10.4. The number of aliphatic hydroxyl groups is 1.